The molecule has 96 valence electrons. The summed E-state index contributed by atoms with van der Waals surface area (Å²) in [5.74, 6) is 1.19. The molecule has 0 aliphatic heterocycles. The second-order valence-corrected chi connectivity index (χ2v) is 8.02. The molecule has 1 rings (SSSR count). The van der Waals surface area contributed by atoms with Crippen LogP contribution in [0.25, 0.3) is 0 Å². The van der Waals surface area contributed by atoms with E-state index in [0.717, 1.165) is 19.3 Å². The molecular formula is C12H25NO2S. The number of nitrogens with two attached hydrogens (primary N) is 1. The van der Waals surface area contributed by atoms with Gasteiger partial charge in [-0.15, -0.1) is 0 Å². The summed E-state index contributed by atoms with van der Waals surface area (Å²) < 4.78 is 24.5. The van der Waals surface area contributed by atoms with Crippen LogP contribution in [0, 0.1) is 11.8 Å². The van der Waals surface area contributed by atoms with E-state index in [9.17, 15) is 8.42 Å². The molecule has 2 N–H and O–H groups in total. The van der Waals surface area contributed by atoms with Crippen LogP contribution < -0.4 is 5.73 Å². The van der Waals surface area contributed by atoms with Gasteiger partial charge in [-0.25, -0.2) is 8.42 Å². The molecule has 1 saturated carbocycles. The zero-order chi connectivity index (χ0) is 12.3. The molecule has 0 aromatic carbocycles. The standard InChI is InChI=1S/C12H25NO2S/c1-9-4-5-12(8-10(9)2)16(14,15)11(3)6-7-13/h9-12H,4-8,13H2,1-3H3. The molecule has 1 aliphatic carbocycles. The second-order valence-electron chi connectivity index (χ2n) is 5.37. The molecule has 3 nitrogen and oxygen atoms in total. The number of hydrogen-bond acceptors (Lipinski definition) is 3. The van der Waals surface area contributed by atoms with Crippen molar-refractivity contribution in [3.05, 3.63) is 0 Å². The smallest absolute Gasteiger partial charge is 0.155 e. The van der Waals surface area contributed by atoms with E-state index in [4.69, 9.17) is 5.73 Å². The molecule has 1 fully saturated rings. The van der Waals surface area contributed by atoms with Crippen LogP contribution in [-0.2, 0) is 9.84 Å². The van der Waals surface area contributed by atoms with E-state index in [2.05, 4.69) is 13.8 Å². The Morgan fingerprint density at radius 1 is 1.25 bits per heavy atom. The number of hydrogen-bond donors (Lipinski definition) is 1. The third-order valence-electron chi connectivity index (χ3n) is 4.15. The first kappa shape index (κ1) is 14.0. The topological polar surface area (TPSA) is 60.2 Å². The minimum Gasteiger partial charge on any atom is -0.330 e. The lowest BCUT2D eigenvalue weighted by Gasteiger charge is -2.33. The molecule has 0 heterocycles. The summed E-state index contributed by atoms with van der Waals surface area (Å²) in [4.78, 5) is 0. The fourth-order valence-electron chi connectivity index (χ4n) is 2.52. The van der Waals surface area contributed by atoms with Crippen LogP contribution in [0.15, 0.2) is 0 Å². The Kier molecular flexibility index (Phi) is 4.80. The van der Waals surface area contributed by atoms with Crippen molar-refractivity contribution in [2.24, 2.45) is 17.6 Å². The van der Waals surface area contributed by atoms with Crippen molar-refractivity contribution in [2.75, 3.05) is 6.54 Å². The first-order chi connectivity index (χ1) is 7.39. The van der Waals surface area contributed by atoms with Crippen LogP contribution in [0.3, 0.4) is 0 Å². The van der Waals surface area contributed by atoms with Crippen LogP contribution in [0.2, 0.25) is 0 Å². The maximum atomic E-state index is 12.3. The van der Waals surface area contributed by atoms with Crippen LogP contribution in [0.5, 0.6) is 0 Å². The van der Waals surface area contributed by atoms with Crippen molar-refractivity contribution in [1.29, 1.82) is 0 Å². The number of sulfone groups is 1. The van der Waals surface area contributed by atoms with Crippen LogP contribution in [-0.4, -0.2) is 25.5 Å². The van der Waals surface area contributed by atoms with Crippen molar-refractivity contribution in [1.82, 2.24) is 0 Å². The largest absolute Gasteiger partial charge is 0.330 e. The van der Waals surface area contributed by atoms with E-state index in [0.29, 0.717) is 24.8 Å². The lowest BCUT2D eigenvalue weighted by atomic mass is 9.81. The average molecular weight is 247 g/mol. The van der Waals surface area contributed by atoms with Gasteiger partial charge in [0.25, 0.3) is 0 Å². The predicted molar refractivity (Wildman–Crippen MR) is 68.0 cm³/mol. The summed E-state index contributed by atoms with van der Waals surface area (Å²) in [7, 11) is -2.96. The van der Waals surface area contributed by atoms with Gasteiger partial charge in [-0.1, -0.05) is 13.8 Å². The molecule has 0 spiro atoms. The molecule has 4 unspecified atom stereocenters. The van der Waals surface area contributed by atoms with Gasteiger partial charge in [-0.3, -0.25) is 0 Å². The third kappa shape index (κ3) is 2.98. The zero-order valence-corrected chi connectivity index (χ0v) is 11.5. The fraction of sp³-hybridized carbons (Fsp3) is 1.00. The summed E-state index contributed by atoms with van der Waals surface area (Å²) in [6, 6.07) is 0. The summed E-state index contributed by atoms with van der Waals surface area (Å²) >= 11 is 0. The Labute approximate surface area is 99.7 Å². The molecule has 0 amide bonds. The highest BCUT2D eigenvalue weighted by molar-refractivity contribution is 7.92. The fourth-order valence-corrected chi connectivity index (χ4v) is 4.68. The Morgan fingerprint density at radius 2 is 1.88 bits per heavy atom. The van der Waals surface area contributed by atoms with Gasteiger partial charge in [0.15, 0.2) is 9.84 Å². The SMILES string of the molecule is CC1CCC(S(=O)(=O)C(C)CCN)CC1C. The summed E-state index contributed by atoms with van der Waals surface area (Å²) in [5, 5.41) is -0.400. The molecule has 0 bridgehead atoms. The minimum absolute atomic E-state index is 0.125. The van der Waals surface area contributed by atoms with Crippen molar-refractivity contribution >= 4 is 9.84 Å². The van der Waals surface area contributed by atoms with Crippen LogP contribution in [0.4, 0.5) is 0 Å². The predicted octanol–water partition coefficient (Wildman–Crippen LogP) is 1.96. The normalized spacial score (nSPS) is 33.6. The Bertz CT molecular complexity index is 313. The van der Waals surface area contributed by atoms with E-state index in [1.54, 1.807) is 6.92 Å². The van der Waals surface area contributed by atoms with Gasteiger partial charge in [0.05, 0.1) is 10.5 Å². The highest BCUT2D eigenvalue weighted by Crippen LogP contribution is 2.34. The molecule has 1 aliphatic rings. The van der Waals surface area contributed by atoms with E-state index >= 15 is 0 Å². The Hall–Kier alpha value is -0.0900. The second kappa shape index (κ2) is 5.50. The molecule has 4 atom stereocenters. The molecule has 0 aromatic rings. The molecule has 0 radical (unpaired) electrons. The lowest BCUT2D eigenvalue weighted by Crippen LogP contribution is -2.36. The summed E-state index contributed by atoms with van der Waals surface area (Å²) in [5.41, 5.74) is 5.44. The van der Waals surface area contributed by atoms with Gasteiger partial charge in [0, 0.05) is 0 Å². The lowest BCUT2D eigenvalue weighted by molar-refractivity contribution is 0.277. The molecule has 0 aromatic heterocycles. The van der Waals surface area contributed by atoms with Crippen molar-refractivity contribution in [2.45, 2.75) is 57.0 Å². The Balaban J connectivity index is 2.70. The van der Waals surface area contributed by atoms with Gasteiger partial charge >= 0.3 is 0 Å². The van der Waals surface area contributed by atoms with Crippen molar-refractivity contribution in [3.63, 3.8) is 0 Å². The van der Waals surface area contributed by atoms with Crippen LogP contribution >= 0.6 is 0 Å². The highest BCUT2D eigenvalue weighted by atomic mass is 32.2. The van der Waals surface area contributed by atoms with Crippen molar-refractivity contribution < 1.29 is 8.42 Å². The van der Waals surface area contributed by atoms with E-state index in [-0.39, 0.29) is 10.5 Å². The third-order valence-corrected chi connectivity index (χ3v) is 6.86. The maximum Gasteiger partial charge on any atom is 0.155 e. The van der Waals surface area contributed by atoms with Crippen molar-refractivity contribution in [3.8, 4) is 0 Å². The maximum absolute atomic E-state index is 12.3. The van der Waals surface area contributed by atoms with Gasteiger partial charge in [0.2, 0.25) is 0 Å². The Morgan fingerprint density at radius 3 is 2.38 bits per heavy atom. The molecule has 16 heavy (non-hydrogen) atoms. The van der Waals surface area contributed by atoms with E-state index in [1.807, 2.05) is 0 Å². The van der Waals surface area contributed by atoms with Gasteiger partial charge < -0.3 is 5.73 Å². The highest BCUT2D eigenvalue weighted by Gasteiger charge is 2.35. The summed E-state index contributed by atoms with van der Waals surface area (Å²) in [6.07, 6.45) is 3.30. The zero-order valence-electron chi connectivity index (χ0n) is 10.6. The minimum atomic E-state index is -2.96. The monoisotopic (exact) mass is 247 g/mol. The van der Waals surface area contributed by atoms with Crippen LogP contribution in [0.1, 0.15) is 46.5 Å². The average Bonchev–Trinajstić information content (AvgIpc) is 2.22. The number of rotatable bonds is 4. The molecule has 0 saturated heterocycles. The first-order valence-corrected chi connectivity index (χ1v) is 7.93. The van der Waals surface area contributed by atoms with Gasteiger partial charge in [-0.2, -0.15) is 0 Å². The van der Waals surface area contributed by atoms with Gasteiger partial charge in [-0.05, 0) is 51.0 Å². The van der Waals surface area contributed by atoms with E-state index < -0.39 is 9.84 Å². The first-order valence-electron chi connectivity index (χ1n) is 6.32. The summed E-state index contributed by atoms with van der Waals surface area (Å²) in [6.45, 7) is 6.64. The molecular weight excluding hydrogens is 222 g/mol. The van der Waals surface area contributed by atoms with E-state index in [1.165, 1.54) is 0 Å². The van der Waals surface area contributed by atoms with Gasteiger partial charge in [0.1, 0.15) is 0 Å². The molecule has 4 heteroatoms. The quantitative estimate of drug-likeness (QED) is 0.826.